The van der Waals surface area contributed by atoms with Gasteiger partial charge >= 0.3 is 0 Å². The van der Waals surface area contributed by atoms with E-state index in [1.807, 2.05) is 0 Å². The second-order valence-corrected chi connectivity index (χ2v) is 5.88. The van der Waals surface area contributed by atoms with E-state index >= 15 is 0 Å². The first-order chi connectivity index (χ1) is 9.11. The summed E-state index contributed by atoms with van der Waals surface area (Å²) in [7, 11) is 0. The van der Waals surface area contributed by atoms with Crippen LogP contribution in [0, 0.1) is 11.7 Å². The van der Waals surface area contributed by atoms with Crippen molar-refractivity contribution in [2.75, 3.05) is 19.6 Å². The maximum Gasteiger partial charge on any atom is 0.256 e. The fourth-order valence-electron chi connectivity index (χ4n) is 2.55. The molecule has 1 heterocycles. The third-order valence-corrected chi connectivity index (χ3v) is 4.04. The van der Waals surface area contributed by atoms with E-state index in [0.29, 0.717) is 30.0 Å². The number of nitrogens with two attached hydrogens (primary N) is 1. The first-order valence-corrected chi connectivity index (χ1v) is 7.35. The van der Waals surface area contributed by atoms with E-state index < -0.39 is 5.82 Å². The molecule has 1 amide bonds. The van der Waals surface area contributed by atoms with Crippen LogP contribution in [-0.2, 0) is 0 Å². The van der Waals surface area contributed by atoms with Gasteiger partial charge < -0.3 is 10.6 Å². The van der Waals surface area contributed by atoms with Gasteiger partial charge in [0.05, 0.1) is 5.56 Å². The van der Waals surface area contributed by atoms with Gasteiger partial charge in [0.1, 0.15) is 5.82 Å². The Morgan fingerprint density at radius 3 is 2.90 bits per heavy atom. The summed E-state index contributed by atoms with van der Waals surface area (Å²) in [5, 5.41) is 0. The van der Waals surface area contributed by atoms with Crippen LogP contribution in [0.25, 0.3) is 0 Å². The summed E-state index contributed by atoms with van der Waals surface area (Å²) >= 11 is 3.19. The van der Waals surface area contributed by atoms with Crippen LogP contribution in [-0.4, -0.2) is 30.4 Å². The number of amides is 1. The van der Waals surface area contributed by atoms with Crippen LogP contribution >= 0.6 is 28.3 Å². The van der Waals surface area contributed by atoms with E-state index in [2.05, 4.69) is 15.9 Å². The largest absolute Gasteiger partial charge is 0.338 e. The van der Waals surface area contributed by atoms with Crippen LogP contribution in [0.4, 0.5) is 4.39 Å². The predicted octanol–water partition coefficient (Wildman–Crippen LogP) is 3.21. The molecule has 1 unspecified atom stereocenters. The molecular formula is C14H19BrClFN2O. The van der Waals surface area contributed by atoms with Crippen LogP contribution in [0.1, 0.15) is 29.6 Å². The fourth-order valence-corrected chi connectivity index (χ4v) is 2.89. The molecule has 1 atom stereocenters. The second-order valence-electron chi connectivity index (χ2n) is 4.96. The molecule has 0 saturated carbocycles. The van der Waals surface area contributed by atoms with E-state index in [1.54, 1.807) is 11.0 Å². The number of hydrogen-bond acceptors (Lipinski definition) is 2. The number of likely N-dealkylation sites (tertiary alicyclic amines) is 1. The number of piperidine rings is 1. The van der Waals surface area contributed by atoms with Gasteiger partial charge in [-0.25, -0.2) is 4.39 Å². The fraction of sp³-hybridized carbons (Fsp3) is 0.500. The summed E-state index contributed by atoms with van der Waals surface area (Å²) in [6, 6.07) is 4.56. The minimum atomic E-state index is -0.472. The first kappa shape index (κ1) is 17.4. The van der Waals surface area contributed by atoms with Crippen molar-refractivity contribution in [2.24, 2.45) is 11.7 Å². The average Bonchev–Trinajstić information content (AvgIpc) is 2.39. The van der Waals surface area contributed by atoms with Crippen molar-refractivity contribution in [1.82, 2.24) is 4.90 Å². The van der Waals surface area contributed by atoms with Gasteiger partial charge in [0.25, 0.3) is 5.91 Å². The maximum absolute atomic E-state index is 13.8. The Hall–Kier alpha value is -0.650. The molecule has 1 aliphatic heterocycles. The quantitative estimate of drug-likeness (QED) is 0.894. The summed E-state index contributed by atoms with van der Waals surface area (Å²) < 4.78 is 14.4. The van der Waals surface area contributed by atoms with Crippen molar-refractivity contribution in [3.05, 3.63) is 34.1 Å². The normalized spacial score (nSPS) is 18.6. The van der Waals surface area contributed by atoms with Crippen LogP contribution in [0.3, 0.4) is 0 Å². The van der Waals surface area contributed by atoms with Crippen molar-refractivity contribution >= 4 is 34.2 Å². The van der Waals surface area contributed by atoms with Gasteiger partial charge in [-0.1, -0.05) is 15.9 Å². The summed E-state index contributed by atoms with van der Waals surface area (Å²) in [4.78, 5) is 14.1. The van der Waals surface area contributed by atoms with Gasteiger partial charge in [0, 0.05) is 17.6 Å². The highest BCUT2D eigenvalue weighted by molar-refractivity contribution is 9.10. The van der Waals surface area contributed by atoms with Gasteiger partial charge in [-0.05, 0) is 49.9 Å². The molecule has 0 bridgehead atoms. The smallest absolute Gasteiger partial charge is 0.256 e. The Kier molecular flexibility index (Phi) is 6.92. The lowest BCUT2D eigenvalue weighted by atomic mass is 9.94. The van der Waals surface area contributed by atoms with E-state index in [9.17, 15) is 9.18 Å². The zero-order chi connectivity index (χ0) is 13.8. The van der Waals surface area contributed by atoms with Crippen molar-refractivity contribution in [3.8, 4) is 0 Å². The molecule has 0 aromatic heterocycles. The number of carbonyl (C=O) groups excluding carboxylic acids is 1. The zero-order valence-corrected chi connectivity index (χ0v) is 13.6. The molecule has 0 aliphatic carbocycles. The standard InChI is InChI=1S/C14H18BrFN2O.ClH/c15-11-3-4-12(13(16)8-11)14(19)18-7-1-2-10(9-18)5-6-17;/h3-4,8,10H,1-2,5-7,9,17H2;1H. The second kappa shape index (κ2) is 7.96. The predicted molar refractivity (Wildman–Crippen MR) is 83.6 cm³/mol. The van der Waals surface area contributed by atoms with Gasteiger partial charge in [0.2, 0.25) is 0 Å². The van der Waals surface area contributed by atoms with Gasteiger partial charge in [-0.3, -0.25) is 4.79 Å². The molecule has 1 saturated heterocycles. The van der Waals surface area contributed by atoms with Crippen molar-refractivity contribution in [1.29, 1.82) is 0 Å². The molecule has 20 heavy (non-hydrogen) atoms. The Balaban J connectivity index is 0.00000200. The lowest BCUT2D eigenvalue weighted by Gasteiger charge is -2.32. The molecule has 0 radical (unpaired) electrons. The summed E-state index contributed by atoms with van der Waals surface area (Å²) in [5.74, 6) is -0.242. The Labute approximate surface area is 133 Å². The van der Waals surface area contributed by atoms with Crippen LogP contribution < -0.4 is 5.73 Å². The van der Waals surface area contributed by atoms with E-state index in [4.69, 9.17) is 5.73 Å². The summed E-state index contributed by atoms with van der Waals surface area (Å²) in [5.41, 5.74) is 5.71. The molecule has 0 spiro atoms. The highest BCUT2D eigenvalue weighted by Gasteiger charge is 2.25. The van der Waals surface area contributed by atoms with Crippen LogP contribution in [0.2, 0.25) is 0 Å². The zero-order valence-electron chi connectivity index (χ0n) is 11.1. The first-order valence-electron chi connectivity index (χ1n) is 6.56. The highest BCUT2D eigenvalue weighted by Crippen LogP contribution is 2.22. The van der Waals surface area contributed by atoms with Crippen molar-refractivity contribution in [3.63, 3.8) is 0 Å². The molecular weight excluding hydrogens is 347 g/mol. The molecule has 2 N–H and O–H groups in total. The van der Waals surface area contributed by atoms with E-state index in [-0.39, 0.29) is 23.9 Å². The molecule has 1 aromatic rings. The Morgan fingerprint density at radius 2 is 2.25 bits per heavy atom. The SMILES string of the molecule is Cl.NCCC1CCCN(C(=O)c2ccc(Br)cc2F)C1. The lowest BCUT2D eigenvalue weighted by Crippen LogP contribution is -2.40. The third-order valence-electron chi connectivity index (χ3n) is 3.54. The van der Waals surface area contributed by atoms with Crippen LogP contribution in [0.5, 0.6) is 0 Å². The van der Waals surface area contributed by atoms with Crippen molar-refractivity contribution < 1.29 is 9.18 Å². The number of carbonyl (C=O) groups is 1. The van der Waals surface area contributed by atoms with E-state index in [0.717, 1.165) is 19.3 Å². The summed E-state index contributed by atoms with van der Waals surface area (Å²) in [6.45, 7) is 2.03. The number of nitrogens with zero attached hydrogens (tertiary/aromatic N) is 1. The monoisotopic (exact) mass is 364 g/mol. The minimum absolute atomic E-state index is 0. The summed E-state index contributed by atoms with van der Waals surface area (Å²) in [6.07, 6.45) is 2.99. The molecule has 6 heteroatoms. The molecule has 1 fully saturated rings. The molecule has 2 rings (SSSR count). The maximum atomic E-state index is 13.8. The topological polar surface area (TPSA) is 46.3 Å². The van der Waals surface area contributed by atoms with Crippen LogP contribution in [0.15, 0.2) is 22.7 Å². The molecule has 112 valence electrons. The Morgan fingerprint density at radius 1 is 1.50 bits per heavy atom. The third kappa shape index (κ3) is 4.17. The van der Waals surface area contributed by atoms with E-state index in [1.165, 1.54) is 12.1 Å². The number of hydrogen-bond donors (Lipinski definition) is 1. The Bertz CT molecular complexity index is 470. The molecule has 3 nitrogen and oxygen atoms in total. The molecule has 1 aliphatic rings. The van der Waals surface area contributed by atoms with Gasteiger partial charge in [0.15, 0.2) is 0 Å². The molecule has 1 aromatic carbocycles. The van der Waals surface area contributed by atoms with Gasteiger partial charge in [-0.15, -0.1) is 12.4 Å². The average molecular weight is 366 g/mol. The van der Waals surface area contributed by atoms with Crippen molar-refractivity contribution in [2.45, 2.75) is 19.3 Å². The minimum Gasteiger partial charge on any atom is -0.338 e. The lowest BCUT2D eigenvalue weighted by molar-refractivity contribution is 0.0665. The number of rotatable bonds is 3. The van der Waals surface area contributed by atoms with Gasteiger partial charge in [-0.2, -0.15) is 0 Å². The number of benzene rings is 1. The highest BCUT2D eigenvalue weighted by atomic mass is 79.9. The number of halogens is 3.